The molecule has 3 aromatic rings. The van der Waals surface area contributed by atoms with Gasteiger partial charge in [0.1, 0.15) is 12.2 Å². The molecule has 1 unspecified atom stereocenters. The third-order valence-corrected chi connectivity index (χ3v) is 5.87. The van der Waals surface area contributed by atoms with Crippen LogP contribution < -0.4 is 5.32 Å². The first-order valence-corrected chi connectivity index (χ1v) is 10.3. The second-order valence-electron chi connectivity index (χ2n) is 6.58. The van der Waals surface area contributed by atoms with Gasteiger partial charge in [0.05, 0.1) is 29.5 Å². The minimum absolute atomic E-state index is 0.0181. The maximum absolute atomic E-state index is 12.4. The number of rotatable bonds is 6. The quantitative estimate of drug-likeness (QED) is 0.593. The zero-order valence-electron chi connectivity index (χ0n) is 16.2. The van der Waals surface area contributed by atoms with Crippen molar-refractivity contribution in [3.05, 3.63) is 59.9 Å². The summed E-state index contributed by atoms with van der Waals surface area (Å²) in [6.07, 6.45) is -0.0879. The highest BCUT2D eigenvalue weighted by molar-refractivity contribution is 8.01. The molecule has 2 aromatic carbocycles. The molecule has 1 atom stereocenters. The number of fused-ring (bicyclic) bond motifs is 2. The first-order chi connectivity index (χ1) is 14.6. The summed E-state index contributed by atoms with van der Waals surface area (Å²) in [5.74, 6) is -1.37. The van der Waals surface area contributed by atoms with Crippen molar-refractivity contribution >= 4 is 46.3 Å². The van der Waals surface area contributed by atoms with Crippen LogP contribution in [0.1, 0.15) is 29.5 Å². The van der Waals surface area contributed by atoms with Crippen molar-refractivity contribution in [3.8, 4) is 0 Å². The molecule has 7 nitrogen and oxygen atoms in total. The van der Waals surface area contributed by atoms with E-state index in [1.165, 1.54) is 11.8 Å². The molecule has 1 N–H and O–H groups in total. The van der Waals surface area contributed by atoms with E-state index < -0.39 is 17.2 Å². The van der Waals surface area contributed by atoms with Crippen LogP contribution in [0.25, 0.3) is 11.0 Å². The molecule has 0 aliphatic carbocycles. The maximum atomic E-state index is 12.4. The Hall–Kier alpha value is -3.26. The van der Waals surface area contributed by atoms with Crippen molar-refractivity contribution in [2.45, 2.75) is 30.1 Å². The number of thioether (sulfide) groups is 1. The molecule has 0 spiro atoms. The fourth-order valence-electron chi connectivity index (χ4n) is 3.19. The summed E-state index contributed by atoms with van der Waals surface area (Å²) in [5.41, 5.74) is 1.69. The lowest BCUT2D eigenvalue weighted by atomic mass is 10.1. The summed E-state index contributed by atoms with van der Waals surface area (Å²) in [6.45, 7) is 1.75. The molecule has 8 heteroatoms. The third kappa shape index (κ3) is 4.04. The van der Waals surface area contributed by atoms with E-state index in [2.05, 4.69) is 5.32 Å². The summed E-state index contributed by atoms with van der Waals surface area (Å²) < 4.78 is 16.1. The van der Waals surface area contributed by atoms with Crippen molar-refractivity contribution in [2.24, 2.45) is 0 Å². The second kappa shape index (κ2) is 8.62. The fourth-order valence-corrected chi connectivity index (χ4v) is 4.29. The van der Waals surface area contributed by atoms with Crippen LogP contribution in [0.4, 0.5) is 5.69 Å². The van der Waals surface area contributed by atoms with E-state index in [0.29, 0.717) is 16.5 Å². The molecule has 1 aliphatic heterocycles. The molecule has 1 aromatic heterocycles. The topological polar surface area (TPSA) is 94.8 Å². The number of carbonyl (C=O) groups excluding carboxylic acids is 3. The van der Waals surface area contributed by atoms with Crippen LogP contribution in [0.2, 0.25) is 0 Å². The molecule has 1 aliphatic rings. The zero-order chi connectivity index (χ0) is 21.1. The minimum atomic E-state index is -0.612. The molecule has 0 radical (unpaired) electrons. The van der Waals surface area contributed by atoms with E-state index in [9.17, 15) is 14.4 Å². The highest BCUT2D eigenvalue weighted by atomic mass is 32.2. The number of furan rings is 1. The lowest BCUT2D eigenvalue weighted by Gasteiger charge is -2.23. The van der Waals surface area contributed by atoms with Crippen LogP contribution >= 0.6 is 11.8 Å². The first-order valence-electron chi connectivity index (χ1n) is 9.46. The number of amides is 1. The van der Waals surface area contributed by atoms with Gasteiger partial charge in [-0.05, 0) is 25.1 Å². The fraction of sp³-hybridized carbons (Fsp3) is 0.227. The molecule has 4 rings (SSSR count). The van der Waals surface area contributed by atoms with Gasteiger partial charge in [0.25, 0.3) is 0 Å². The molecule has 0 saturated heterocycles. The number of esters is 2. The number of hydrogen-bond acceptors (Lipinski definition) is 7. The van der Waals surface area contributed by atoms with Crippen molar-refractivity contribution in [2.75, 3.05) is 11.9 Å². The summed E-state index contributed by atoms with van der Waals surface area (Å²) >= 11 is 1.33. The molecular formula is C22H19NO6S. The Morgan fingerprint density at radius 1 is 1.10 bits per heavy atom. The number of benzene rings is 2. The number of carbonyl (C=O) groups is 3. The van der Waals surface area contributed by atoms with Gasteiger partial charge in [-0.2, -0.15) is 0 Å². The molecule has 30 heavy (non-hydrogen) atoms. The normalized spacial score (nSPS) is 15.4. The highest BCUT2D eigenvalue weighted by Crippen LogP contribution is 2.37. The van der Waals surface area contributed by atoms with Gasteiger partial charge in [0.2, 0.25) is 11.7 Å². The van der Waals surface area contributed by atoms with E-state index in [-0.39, 0.29) is 31.3 Å². The van der Waals surface area contributed by atoms with Crippen LogP contribution in [0.5, 0.6) is 0 Å². The van der Waals surface area contributed by atoms with Crippen LogP contribution in [-0.2, 0) is 25.7 Å². The number of para-hydroxylation sites is 2. The van der Waals surface area contributed by atoms with Crippen LogP contribution in [0, 0.1) is 0 Å². The average Bonchev–Trinajstić information content (AvgIpc) is 3.12. The highest BCUT2D eigenvalue weighted by Gasteiger charge is 2.30. The van der Waals surface area contributed by atoms with Gasteiger partial charge in [0.15, 0.2) is 0 Å². The standard InChI is InChI=1S/C22H19NO6S/c1-2-27-22(26)20-14(13-7-3-5-9-16(13)29-20)12-28-19(24)11-18-21(25)23-15-8-4-6-10-17(15)30-18/h3-10,18H,2,11-12H2,1H3,(H,23,25). The van der Waals surface area contributed by atoms with E-state index in [4.69, 9.17) is 13.9 Å². The van der Waals surface area contributed by atoms with Crippen molar-refractivity contribution in [3.63, 3.8) is 0 Å². The molecule has 154 valence electrons. The molecule has 0 saturated carbocycles. The SMILES string of the molecule is CCOC(=O)c1oc2ccccc2c1COC(=O)CC1Sc2ccccc2NC1=O. The van der Waals surface area contributed by atoms with Gasteiger partial charge in [-0.25, -0.2) is 4.79 Å². The predicted octanol–water partition coefficient (Wildman–Crippen LogP) is 4.16. The summed E-state index contributed by atoms with van der Waals surface area (Å²) in [7, 11) is 0. The van der Waals surface area contributed by atoms with Gasteiger partial charge in [-0.15, -0.1) is 11.8 Å². The average molecular weight is 425 g/mol. The lowest BCUT2D eigenvalue weighted by Crippen LogP contribution is -2.31. The number of anilines is 1. The van der Waals surface area contributed by atoms with Crippen LogP contribution in [0.3, 0.4) is 0 Å². The third-order valence-electron chi connectivity index (χ3n) is 4.60. The smallest absolute Gasteiger partial charge is 0.374 e. The Labute approximate surface area is 176 Å². The van der Waals surface area contributed by atoms with E-state index >= 15 is 0 Å². The van der Waals surface area contributed by atoms with Gasteiger partial charge in [-0.1, -0.05) is 30.3 Å². The monoisotopic (exact) mass is 425 g/mol. The molecule has 2 heterocycles. The van der Waals surface area contributed by atoms with Gasteiger partial charge < -0.3 is 19.2 Å². The summed E-state index contributed by atoms with van der Waals surface area (Å²) in [5, 5.41) is 2.89. The van der Waals surface area contributed by atoms with Crippen molar-refractivity contribution in [1.29, 1.82) is 0 Å². The number of ether oxygens (including phenoxy) is 2. The number of hydrogen-bond donors (Lipinski definition) is 1. The zero-order valence-corrected chi connectivity index (χ0v) is 17.0. The summed E-state index contributed by atoms with van der Waals surface area (Å²) in [6, 6.07) is 14.5. The van der Waals surface area contributed by atoms with Gasteiger partial charge in [0, 0.05) is 10.3 Å². The molecule has 0 bridgehead atoms. The Balaban J connectivity index is 1.46. The Morgan fingerprint density at radius 3 is 2.70 bits per heavy atom. The Morgan fingerprint density at radius 2 is 1.87 bits per heavy atom. The summed E-state index contributed by atoms with van der Waals surface area (Å²) in [4.78, 5) is 37.9. The molecule has 0 fully saturated rings. The van der Waals surface area contributed by atoms with Crippen molar-refractivity contribution in [1.82, 2.24) is 0 Å². The van der Waals surface area contributed by atoms with E-state index in [1.54, 1.807) is 31.2 Å². The van der Waals surface area contributed by atoms with E-state index in [1.807, 2.05) is 24.3 Å². The Kier molecular flexibility index (Phi) is 5.76. The lowest BCUT2D eigenvalue weighted by molar-refractivity contribution is -0.145. The second-order valence-corrected chi connectivity index (χ2v) is 7.83. The molecule has 1 amide bonds. The maximum Gasteiger partial charge on any atom is 0.374 e. The largest absolute Gasteiger partial charge is 0.461 e. The van der Waals surface area contributed by atoms with Crippen LogP contribution in [0.15, 0.2) is 57.8 Å². The van der Waals surface area contributed by atoms with E-state index in [0.717, 1.165) is 10.6 Å². The Bertz CT molecular complexity index is 1120. The van der Waals surface area contributed by atoms with Gasteiger partial charge >= 0.3 is 11.9 Å². The molecular weight excluding hydrogens is 406 g/mol. The minimum Gasteiger partial charge on any atom is -0.461 e. The predicted molar refractivity (Wildman–Crippen MR) is 111 cm³/mol. The number of nitrogens with one attached hydrogen (secondary N) is 1. The van der Waals surface area contributed by atoms with Gasteiger partial charge in [-0.3, -0.25) is 9.59 Å². The van der Waals surface area contributed by atoms with Crippen molar-refractivity contribution < 1.29 is 28.3 Å². The van der Waals surface area contributed by atoms with Crippen LogP contribution in [-0.4, -0.2) is 29.7 Å². The first kappa shape index (κ1) is 20.0.